The molecule has 0 atom stereocenters. The minimum absolute atomic E-state index is 0.0147. The van der Waals surface area contributed by atoms with Crippen molar-refractivity contribution in [2.75, 3.05) is 26.7 Å². The predicted molar refractivity (Wildman–Crippen MR) is 59.6 cm³/mol. The number of hydrogen-bond acceptors (Lipinski definition) is 3. The predicted octanol–water partition coefficient (Wildman–Crippen LogP) is 0.310. The Morgan fingerprint density at radius 2 is 1.87 bits per heavy atom. The van der Waals surface area contributed by atoms with Gasteiger partial charge in [0.05, 0.1) is 0 Å². The van der Waals surface area contributed by atoms with Crippen LogP contribution in [0.5, 0.6) is 0 Å². The molecule has 1 saturated heterocycles. The fraction of sp³-hybridized carbons (Fsp3) is 0.909. The van der Waals surface area contributed by atoms with Crippen LogP contribution in [0.25, 0.3) is 0 Å². The zero-order valence-electron chi connectivity index (χ0n) is 10.4. The number of aliphatic hydroxyl groups is 1. The molecule has 4 nitrogen and oxygen atoms in total. The van der Waals surface area contributed by atoms with Crippen LogP contribution in [-0.2, 0) is 4.79 Å². The Bertz CT molecular complexity index is 256. The van der Waals surface area contributed by atoms with Crippen LogP contribution < -0.4 is 0 Å². The minimum Gasteiger partial charge on any atom is -0.381 e. The maximum atomic E-state index is 11.9. The summed E-state index contributed by atoms with van der Waals surface area (Å²) in [5.74, 6) is -0.177. The van der Waals surface area contributed by atoms with Crippen molar-refractivity contribution in [2.24, 2.45) is 0 Å². The standard InChI is InChI=1S/C11H22N2O2/c1-10(2)8-13(7-6-12(10)5)9(14)11(3,4)15/h15H,6-8H2,1-5H3. The zero-order valence-corrected chi connectivity index (χ0v) is 10.4. The van der Waals surface area contributed by atoms with E-state index in [0.29, 0.717) is 13.1 Å². The molecule has 4 heteroatoms. The van der Waals surface area contributed by atoms with Gasteiger partial charge in [0.25, 0.3) is 5.91 Å². The summed E-state index contributed by atoms with van der Waals surface area (Å²) in [7, 11) is 2.06. The summed E-state index contributed by atoms with van der Waals surface area (Å²) in [4.78, 5) is 15.9. The summed E-state index contributed by atoms with van der Waals surface area (Å²) in [5, 5.41) is 9.67. The first-order valence-corrected chi connectivity index (χ1v) is 5.37. The molecule has 1 aliphatic rings. The third-order valence-electron chi connectivity index (χ3n) is 3.13. The van der Waals surface area contributed by atoms with Crippen molar-refractivity contribution in [3.8, 4) is 0 Å². The monoisotopic (exact) mass is 214 g/mol. The van der Waals surface area contributed by atoms with Crippen LogP contribution >= 0.6 is 0 Å². The van der Waals surface area contributed by atoms with E-state index in [1.54, 1.807) is 18.7 Å². The number of amides is 1. The highest BCUT2D eigenvalue weighted by Gasteiger charge is 2.37. The Labute approximate surface area is 91.9 Å². The van der Waals surface area contributed by atoms with Crippen LogP contribution in [0.3, 0.4) is 0 Å². The summed E-state index contributed by atoms with van der Waals surface area (Å²) in [5.41, 5.74) is -1.27. The Kier molecular flexibility index (Phi) is 3.12. The highest BCUT2D eigenvalue weighted by atomic mass is 16.3. The average Bonchev–Trinajstić information content (AvgIpc) is 2.07. The second-order valence-corrected chi connectivity index (χ2v) is 5.52. The van der Waals surface area contributed by atoms with Crippen molar-refractivity contribution in [3.05, 3.63) is 0 Å². The van der Waals surface area contributed by atoms with E-state index in [2.05, 4.69) is 25.8 Å². The van der Waals surface area contributed by atoms with E-state index in [-0.39, 0.29) is 11.4 Å². The molecular formula is C11H22N2O2. The maximum Gasteiger partial charge on any atom is 0.254 e. The number of piperazine rings is 1. The molecule has 0 aromatic carbocycles. The summed E-state index contributed by atoms with van der Waals surface area (Å²) in [6.07, 6.45) is 0. The molecule has 1 aliphatic heterocycles. The van der Waals surface area contributed by atoms with Crippen LogP contribution in [0.4, 0.5) is 0 Å². The third kappa shape index (κ3) is 2.69. The van der Waals surface area contributed by atoms with Crippen LogP contribution in [-0.4, -0.2) is 58.6 Å². The van der Waals surface area contributed by atoms with Crippen LogP contribution in [0.2, 0.25) is 0 Å². The number of carbonyl (C=O) groups is 1. The Morgan fingerprint density at radius 3 is 2.27 bits per heavy atom. The van der Waals surface area contributed by atoms with Gasteiger partial charge in [0.2, 0.25) is 0 Å². The van der Waals surface area contributed by atoms with Crippen molar-refractivity contribution < 1.29 is 9.90 Å². The molecule has 0 spiro atoms. The van der Waals surface area contributed by atoms with Crippen LogP contribution in [0, 0.1) is 0 Å². The lowest BCUT2D eigenvalue weighted by Crippen LogP contribution is -2.61. The molecule has 0 radical (unpaired) electrons. The molecule has 1 amide bonds. The van der Waals surface area contributed by atoms with E-state index in [0.717, 1.165) is 6.54 Å². The molecule has 0 aromatic heterocycles. The first kappa shape index (κ1) is 12.5. The highest BCUT2D eigenvalue weighted by Crippen LogP contribution is 2.21. The van der Waals surface area contributed by atoms with E-state index in [9.17, 15) is 9.90 Å². The Morgan fingerprint density at radius 1 is 1.33 bits per heavy atom. The molecule has 0 bridgehead atoms. The molecular weight excluding hydrogens is 192 g/mol. The fourth-order valence-electron chi connectivity index (χ4n) is 1.80. The number of carbonyl (C=O) groups excluding carboxylic acids is 1. The van der Waals surface area contributed by atoms with E-state index < -0.39 is 5.60 Å². The van der Waals surface area contributed by atoms with Crippen molar-refractivity contribution >= 4 is 5.91 Å². The Hall–Kier alpha value is -0.610. The maximum absolute atomic E-state index is 11.9. The second kappa shape index (κ2) is 3.76. The van der Waals surface area contributed by atoms with Gasteiger partial charge in [-0.05, 0) is 34.7 Å². The molecule has 0 aliphatic carbocycles. The fourth-order valence-corrected chi connectivity index (χ4v) is 1.80. The van der Waals surface area contributed by atoms with Gasteiger partial charge < -0.3 is 10.0 Å². The molecule has 15 heavy (non-hydrogen) atoms. The van der Waals surface area contributed by atoms with E-state index in [1.165, 1.54) is 0 Å². The highest BCUT2D eigenvalue weighted by molar-refractivity contribution is 5.84. The number of hydrogen-bond donors (Lipinski definition) is 1. The lowest BCUT2D eigenvalue weighted by molar-refractivity contribution is -0.152. The van der Waals surface area contributed by atoms with E-state index in [1.807, 2.05) is 0 Å². The first-order chi connectivity index (χ1) is 6.64. The summed E-state index contributed by atoms with van der Waals surface area (Å²) >= 11 is 0. The van der Waals surface area contributed by atoms with E-state index >= 15 is 0 Å². The summed E-state index contributed by atoms with van der Waals surface area (Å²) in [6.45, 7) is 9.53. The van der Waals surface area contributed by atoms with Gasteiger partial charge in [-0.1, -0.05) is 0 Å². The van der Waals surface area contributed by atoms with Crippen LogP contribution in [0.15, 0.2) is 0 Å². The summed E-state index contributed by atoms with van der Waals surface area (Å²) < 4.78 is 0. The van der Waals surface area contributed by atoms with Gasteiger partial charge in [-0.2, -0.15) is 0 Å². The largest absolute Gasteiger partial charge is 0.381 e. The van der Waals surface area contributed by atoms with Gasteiger partial charge in [0.1, 0.15) is 5.60 Å². The molecule has 0 unspecified atom stereocenters. The van der Waals surface area contributed by atoms with Gasteiger partial charge in [-0.15, -0.1) is 0 Å². The third-order valence-corrected chi connectivity index (χ3v) is 3.13. The SMILES string of the molecule is CN1CCN(C(=O)C(C)(C)O)CC1(C)C. The van der Waals surface area contributed by atoms with Crippen LogP contribution in [0.1, 0.15) is 27.7 Å². The normalized spacial score (nSPS) is 22.9. The first-order valence-electron chi connectivity index (χ1n) is 5.37. The van der Waals surface area contributed by atoms with Gasteiger partial charge in [-0.25, -0.2) is 0 Å². The quantitative estimate of drug-likeness (QED) is 0.683. The molecule has 1 N–H and O–H groups in total. The van der Waals surface area contributed by atoms with Crippen molar-refractivity contribution in [1.82, 2.24) is 9.80 Å². The lowest BCUT2D eigenvalue weighted by atomic mass is 9.98. The van der Waals surface area contributed by atoms with E-state index in [4.69, 9.17) is 0 Å². The minimum atomic E-state index is -1.26. The van der Waals surface area contributed by atoms with Gasteiger partial charge >= 0.3 is 0 Å². The van der Waals surface area contributed by atoms with Gasteiger partial charge in [-0.3, -0.25) is 9.69 Å². The number of nitrogens with zero attached hydrogens (tertiary/aromatic N) is 2. The van der Waals surface area contributed by atoms with Gasteiger partial charge in [0.15, 0.2) is 0 Å². The molecule has 1 heterocycles. The number of rotatable bonds is 1. The molecule has 0 aromatic rings. The zero-order chi connectivity index (χ0) is 11.9. The Balaban J connectivity index is 2.72. The molecule has 88 valence electrons. The van der Waals surface area contributed by atoms with Gasteiger partial charge in [0, 0.05) is 25.2 Å². The topological polar surface area (TPSA) is 43.8 Å². The molecule has 0 saturated carbocycles. The molecule has 1 fully saturated rings. The second-order valence-electron chi connectivity index (χ2n) is 5.52. The average molecular weight is 214 g/mol. The smallest absolute Gasteiger partial charge is 0.254 e. The van der Waals surface area contributed by atoms with Crippen molar-refractivity contribution in [2.45, 2.75) is 38.8 Å². The van der Waals surface area contributed by atoms with Crippen molar-refractivity contribution in [1.29, 1.82) is 0 Å². The molecule has 1 rings (SSSR count). The summed E-state index contributed by atoms with van der Waals surface area (Å²) in [6, 6.07) is 0. The number of likely N-dealkylation sites (N-methyl/N-ethyl adjacent to an activating group) is 1. The lowest BCUT2D eigenvalue weighted by Gasteiger charge is -2.46. The van der Waals surface area contributed by atoms with Crippen molar-refractivity contribution in [3.63, 3.8) is 0 Å².